The molecule has 0 radical (unpaired) electrons. The fraction of sp³-hybridized carbons (Fsp3) is 0.952. The number of hydrogen-bond donors (Lipinski definition) is 16. The molecule has 0 bridgehead atoms. The highest BCUT2D eigenvalue weighted by Gasteiger charge is 2.53. The molecule has 15 atom stereocenters. The first-order valence-corrected chi connectivity index (χ1v) is 16.7. The highest BCUT2D eigenvalue weighted by molar-refractivity contribution is 7.80. The number of carbonyl (C=O) groups is 1. The van der Waals surface area contributed by atoms with Crippen LogP contribution < -0.4 is 28.3 Å². The molecule has 2 heterocycles. The summed E-state index contributed by atoms with van der Waals surface area (Å²) < 4.78 is 85.9. The van der Waals surface area contributed by atoms with Crippen molar-refractivity contribution in [2.45, 2.75) is 105 Å². The number of aliphatic hydroxyl groups excluding tert-OH is 7. The molecule has 3 fully saturated rings. The van der Waals surface area contributed by atoms with E-state index in [1.807, 2.05) is 0 Å². The summed E-state index contributed by atoms with van der Waals surface area (Å²) in [5.74, 6) is -0.807. The highest BCUT2D eigenvalue weighted by atomic mass is 32.3. The third-order valence-electron chi connectivity index (χ3n) is 7.15. The van der Waals surface area contributed by atoms with Gasteiger partial charge in [0.05, 0.1) is 18.7 Å². The van der Waals surface area contributed by atoms with Crippen LogP contribution in [0.2, 0.25) is 0 Å². The van der Waals surface area contributed by atoms with Crippen LogP contribution in [-0.2, 0) is 44.5 Å². The van der Waals surface area contributed by atoms with E-state index >= 15 is 0 Å². The molecule has 286 valence electrons. The number of ether oxygens (including phenoxy) is 4. The zero-order chi connectivity index (χ0) is 37.3. The number of hydrogen-bond acceptors (Lipinski definition) is 20. The molecule has 1 amide bonds. The molecule has 1 aliphatic carbocycles. The van der Waals surface area contributed by atoms with Crippen LogP contribution in [0.25, 0.3) is 0 Å². The van der Waals surface area contributed by atoms with Gasteiger partial charge in [-0.1, -0.05) is 0 Å². The van der Waals surface area contributed by atoms with Gasteiger partial charge in [-0.25, -0.2) is 0 Å². The second-order valence-electron chi connectivity index (χ2n) is 10.7. The van der Waals surface area contributed by atoms with Crippen molar-refractivity contribution in [3.8, 4) is 0 Å². The Bertz CT molecular complexity index is 1160. The van der Waals surface area contributed by atoms with E-state index in [0.29, 0.717) is 0 Å². The maximum atomic E-state index is 12.4. The predicted octanol–water partition coefficient (Wildman–Crippen LogP) is -9.09. The number of aliphatic hydroxyl groups is 7. The smallest absolute Gasteiger partial charge is 0.394 e. The third-order valence-corrected chi connectivity index (χ3v) is 7.15. The van der Waals surface area contributed by atoms with E-state index in [0.717, 1.165) is 0 Å². The molecule has 0 aromatic carbocycles. The monoisotopic (exact) mass is 751 g/mol. The zero-order valence-corrected chi connectivity index (χ0v) is 26.5. The van der Waals surface area contributed by atoms with Crippen molar-refractivity contribution in [3.63, 3.8) is 0 Å². The lowest BCUT2D eigenvalue weighted by molar-refractivity contribution is -0.307. The van der Waals surface area contributed by atoms with Crippen molar-refractivity contribution in [1.29, 1.82) is 0 Å². The predicted molar refractivity (Wildman–Crippen MR) is 154 cm³/mol. The Morgan fingerprint density at radius 1 is 0.792 bits per heavy atom. The number of amides is 1. The standard InChI is InChI=1S/C21H41N5O12.2H2O4S/c22-2-1-8(28)19(34)26-7-3-6(24)17(37-20-11(25)15(32)13(30)9(4-23)35-20)18(12(7)29)38-21-16(33)14(31)10(5-27)36-21;2*1-5(2,3)4/h6-18,20-21,27-33H,1-5,22-25H2,(H,26,34);2*(H2,1,2,3,4)/t6-,7+,8?,9+,10+,11+,12-,13+,14?,15+,16+,17+,18+,20?,21?;;/m0../s1. The molecule has 2 saturated heterocycles. The Kier molecular flexibility index (Phi) is 17.9. The van der Waals surface area contributed by atoms with Crippen molar-refractivity contribution in [2.75, 3.05) is 19.7 Å². The van der Waals surface area contributed by atoms with Gasteiger partial charge < -0.3 is 82.9 Å². The van der Waals surface area contributed by atoms with Crippen LogP contribution in [0.4, 0.5) is 0 Å². The van der Waals surface area contributed by atoms with Crippen LogP contribution in [0.5, 0.6) is 0 Å². The summed E-state index contributed by atoms with van der Waals surface area (Å²) in [6.45, 7) is -0.764. The molecule has 2 aliphatic heterocycles. The van der Waals surface area contributed by atoms with Gasteiger partial charge in [0, 0.05) is 12.6 Å². The summed E-state index contributed by atoms with van der Waals surface area (Å²) in [5, 5.41) is 74.0. The van der Waals surface area contributed by atoms with Crippen molar-refractivity contribution in [2.24, 2.45) is 22.9 Å². The Hall–Kier alpha value is -1.39. The molecule has 20 N–H and O–H groups in total. The maximum Gasteiger partial charge on any atom is 0.394 e. The molecule has 0 spiro atoms. The summed E-state index contributed by atoms with van der Waals surface area (Å²) in [6.07, 6.45) is -16.9. The van der Waals surface area contributed by atoms with Crippen LogP contribution in [0.15, 0.2) is 0 Å². The number of carbonyl (C=O) groups excluding carboxylic acids is 1. The molecule has 0 aromatic heterocycles. The van der Waals surface area contributed by atoms with Crippen molar-refractivity contribution < 1.29 is 94.5 Å². The van der Waals surface area contributed by atoms with E-state index in [1.165, 1.54) is 0 Å². The first kappa shape index (κ1) is 44.6. The first-order valence-electron chi connectivity index (χ1n) is 13.9. The molecule has 4 unspecified atom stereocenters. The summed E-state index contributed by atoms with van der Waals surface area (Å²) in [5.41, 5.74) is 23.3. The van der Waals surface area contributed by atoms with E-state index in [1.54, 1.807) is 0 Å². The van der Waals surface area contributed by atoms with Gasteiger partial charge in [-0.05, 0) is 19.4 Å². The summed E-state index contributed by atoms with van der Waals surface area (Å²) in [7, 11) is -9.33. The Balaban J connectivity index is 0.00000100. The maximum absolute atomic E-state index is 12.4. The molecule has 25 nitrogen and oxygen atoms in total. The van der Waals surface area contributed by atoms with Gasteiger partial charge in [-0.15, -0.1) is 0 Å². The topological polar surface area (TPSA) is 461 Å². The highest BCUT2D eigenvalue weighted by Crippen LogP contribution is 2.32. The summed E-state index contributed by atoms with van der Waals surface area (Å²) in [4.78, 5) is 12.4. The lowest BCUT2D eigenvalue weighted by atomic mass is 9.83. The zero-order valence-electron chi connectivity index (χ0n) is 24.9. The average Bonchev–Trinajstić information content (AvgIpc) is 3.23. The van der Waals surface area contributed by atoms with E-state index in [-0.39, 0.29) is 25.9 Å². The first-order chi connectivity index (χ1) is 21.9. The van der Waals surface area contributed by atoms with E-state index in [2.05, 4.69) is 5.32 Å². The van der Waals surface area contributed by atoms with Gasteiger partial charge in [0.25, 0.3) is 0 Å². The van der Waals surface area contributed by atoms with Crippen LogP contribution in [-0.4, -0.2) is 188 Å². The quantitative estimate of drug-likeness (QED) is 0.0921. The minimum Gasteiger partial charge on any atom is -0.394 e. The van der Waals surface area contributed by atoms with Gasteiger partial charge in [-0.2, -0.15) is 16.8 Å². The van der Waals surface area contributed by atoms with E-state index < -0.39 is 125 Å². The SMILES string of the molecule is NCCC(O)C(=O)N[C@@H]1C[C@H](N)[C@@H](OC2O[C@H](CN)[C@@H](O)[C@H](O)[C@H]2N)[C@H](OC2O[C@H](CO)C(O)[C@H]2O)[C@H]1O.O=S(=O)(O)O.O=S(=O)(O)O. The van der Waals surface area contributed by atoms with Crippen molar-refractivity contribution >= 4 is 26.7 Å². The second kappa shape index (κ2) is 19.3. The largest absolute Gasteiger partial charge is 0.394 e. The Labute approximate surface area is 273 Å². The average molecular weight is 752 g/mol. The fourth-order valence-electron chi connectivity index (χ4n) is 4.84. The van der Waals surface area contributed by atoms with E-state index in [9.17, 15) is 40.5 Å². The van der Waals surface area contributed by atoms with Crippen LogP contribution in [0.1, 0.15) is 12.8 Å². The molecule has 27 heteroatoms. The third kappa shape index (κ3) is 14.1. The van der Waals surface area contributed by atoms with Crippen LogP contribution >= 0.6 is 0 Å². The Morgan fingerprint density at radius 2 is 1.27 bits per heavy atom. The fourth-order valence-corrected chi connectivity index (χ4v) is 4.84. The minimum atomic E-state index is -4.67. The molecule has 48 heavy (non-hydrogen) atoms. The molecule has 0 aromatic rings. The van der Waals surface area contributed by atoms with Gasteiger partial charge in [-0.3, -0.25) is 23.0 Å². The summed E-state index contributed by atoms with van der Waals surface area (Å²) >= 11 is 0. The van der Waals surface area contributed by atoms with Crippen molar-refractivity contribution in [3.05, 3.63) is 0 Å². The van der Waals surface area contributed by atoms with Gasteiger partial charge in [0.1, 0.15) is 61.0 Å². The number of nitrogens with two attached hydrogens (primary N) is 4. The van der Waals surface area contributed by atoms with Gasteiger partial charge in [0.15, 0.2) is 12.6 Å². The Morgan fingerprint density at radius 3 is 1.73 bits per heavy atom. The minimum absolute atomic E-state index is 0.0255. The van der Waals surface area contributed by atoms with Crippen molar-refractivity contribution in [1.82, 2.24) is 5.32 Å². The van der Waals surface area contributed by atoms with Gasteiger partial charge >= 0.3 is 20.8 Å². The van der Waals surface area contributed by atoms with E-state index in [4.69, 9.17) is 76.9 Å². The molecule has 3 aliphatic rings. The molecular weight excluding hydrogens is 706 g/mol. The lowest BCUT2D eigenvalue weighted by Crippen LogP contribution is -2.69. The van der Waals surface area contributed by atoms with Crippen LogP contribution in [0.3, 0.4) is 0 Å². The summed E-state index contributed by atoms with van der Waals surface area (Å²) in [6, 6.07) is -3.29. The second-order valence-corrected chi connectivity index (χ2v) is 12.5. The molecule has 3 rings (SSSR count). The molecular formula is C21H45N5O20S2. The number of rotatable bonds is 10. The molecule has 1 saturated carbocycles. The number of nitrogens with one attached hydrogen (secondary N) is 1. The van der Waals surface area contributed by atoms with Gasteiger partial charge in [0.2, 0.25) is 5.91 Å². The van der Waals surface area contributed by atoms with Crippen LogP contribution in [0, 0.1) is 0 Å². The lowest BCUT2D eigenvalue weighted by Gasteiger charge is -2.48. The normalized spacial score (nSPS) is 39.3.